The van der Waals surface area contributed by atoms with Gasteiger partial charge in [-0.2, -0.15) is 0 Å². The molecule has 1 saturated heterocycles. The quantitative estimate of drug-likeness (QED) is 0.549. The van der Waals surface area contributed by atoms with Crippen molar-refractivity contribution < 1.29 is 4.79 Å². The summed E-state index contributed by atoms with van der Waals surface area (Å²) in [5, 5.41) is 2.79. The topological polar surface area (TPSA) is 32.3 Å². The van der Waals surface area contributed by atoms with Crippen LogP contribution in [0.3, 0.4) is 0 Å². The largest absolute Gasteiger partial charge is 0.354 e. The van der Waals surface area contributed by atoms with Crippen molar-refractivity contribution in [1.29, 1.82) is 0 Å². The predicted molar refractivity (Wildman–Crippen MR) is 48.3 cm³/mol. The molecule has 0 radical (unpaired) electrons. The van der Waals surface area contributed by atoms with E-state index < -0.39 is 0 Å². The minimum absolute atomic E-state index is 0.163. The maximum absolute atomic E-state index is 10.8. The number of carbonyl (C=O) groups excluding carboxylic acids is 1. The van der Waals surface area contributed by atoms with Crippen molar-refractivity contribution in [3.63, 3.8) is 0 Å². The van der Waals surface area contributed by atoms with Crippen LogP contribution in [0.25, 0.3) is 0 Å². The normalized spacial score (nSPS) is 20.7. The van der Waals surface area contributed by atoms with Gasteiger partial charge in [-0.15, -0.1) is 0 Å². The summed E-state index contributed by atoms with van der Waals surface area (Å²) in [6.45, 7) is 3.45. The number of halogens is 1. The Hall–Kier alpha value is 0.160. The molecule has 0 unspecified atom stereocenters. The van der Waals surface area contributed by atoms with E-state index in [0.717, 1.165) is 24.1 Å². The summed E-state index contributed by atoms with van der Waals surface area (Å²) < 4.78 is 1.10. The fourth-order valence-corrected chi connectivity index (χ4v) is 1.68. The lowest BCUT2D eigenvalue weighted by Crippen LogP contribution is -2.48. The number of rotatable bonds is 2. The fourth-order valence-electron chi connectivity index (χ4n) is 1.00. The highest BCUT2D eigenvalue weighted by atomic mass is 127. The van der Waals surface area contributed by atoms with E-state index in [1.807, 2.05) is 0 Å². The number of nitrogens with one attached hydrogen (secondary N) is 1. The van der Waals surface area contributed by atoms with Crippen molar-refractivity contribution in [3.8, 4) is 0 Å². The molecule has 1 rings (SSSR count). The molecule has 0 aliphatic carbocycles. The van der Waals surface area contributed by atoms with Crippen molar-refractivity contribution in [2.45, 2.75) is 0 Å². The minimum atomic E-state index is 0.163. The van der Waals surface area contributed by atoms with Gasteiger partial charge in [0.25, 0.3) is 0 Å². The van der Waals surface area contributed by atoms with E-state index in [1.54, 1.807) is 0 Å². The summed E-state index contributed by atoms with van der Waals surface area (Å²) in [5.74, 6) is 0.163. The van der Waals surface area contributed by atoms with E-state index in [-0.39, 0.29) is 5.91 Å². The third-order valence-corrected chi connectivity index (χ3v) is 2.00. The fraction of sp³-hybridized carbons (Fsp3) is 0.833. The Balaban J connectivity index is 2.25. The Morgan fingerprint density at radius 2 is 2.50 bits per heavy atom. The van der Waals surface area contributed by atoms with Gasteiger partial charge in [-0.05, 0) is 0 Å². The molecule has 1 N–H and O–H groups in total. The molecule has 1 amide bonds. The summed E-state index contributed by atoms with van der Waals surface area (Å²) in [6, 6.07) is 0. The van der Waals surface area contributed by atoms with Crippen LogP contribution in [0.5, 0.6) is 0 Å². The van der Waals surface area contributed by atoms with Gasteiger partial charge in [-0.1, -0.05) is 22.6 Å². The second-order valence-corrected chi connectivity index (χ2v) is 3.39. The first-order chi connectivity index (χ1) is 4.83. The monoisotopic (exact) mass is 254 g/mol. The molecule has 0 saturated carbocycles. The molecule has 0 aromatic carbocycles. The predicted octanol–water partition coefficient (Wildman–Crippen LogP) is -0.147. The summed E-state index contributed by atoms with van der Waals surface area (Å²) in [6.07, 6.45) is 0. The van der Waals surface area contributed by atoms with Crippen molar-refractivity contribution in [2.24, 2.45) is 0 Å². The molecule has 0 aromatic heterocycles. The second kappa shape index (κ2) is 4.12. The number of amides is 1. The minimum Gasteiger partial charge on any atom is -0.354 e. The second-order valence-electron chi connectivity index (χ2n) is 2.32. The summed E-state index contributed by atoms with van der Waals surface area (Å²) in [4.78, 5) is 13.0. The number of hydrogen-bond acceptors (Lipinski definition) is 2. The van der Waals surface area contributed by atoms with Gasteiger partial charge in [0, 0.05) is 24.1 Å². The van der Waals surface area contributed by atoms with E-state index in [4.69, 9.17) is 0 Å². The Bertz CT molecular complexity index is 127. The van der Waals surface area contributed by atoms with Crippen molar-refractivity contribution in [1.82, 2.24) is 10.2 Å². The van der Waals surface area contributed by atoms with Crippen LogP contribution >= 0.6 is 22.6 Å². The van der Waals surface area contributed by atoms with Crippen LogP contribution < -0.4 is 5.32 Å². The highest BCUT2D eigenvalue weighted by molar-refractivity contribution is 14.1. The third-order valence-electron chi connectivity index (χ3n) is 1.52. The highest BCUT2D eigenvalue weighted by Gasteiger charge is 2.14. The molecule has 1 aliphatic rings. The molecule has 0 bridgehead atoms. The number of carbonyl (C=O) groups is 1. The maximum Gasteiger partial charge on any atom is 0.234 e. The van der Waals surface area contributed by atoms with E-state index in [0.29, 0.717) is 6.54 Å². The zero-order valence-electron chi connectivity index (χ0n) is 5.77. The third kappa shape index (κ3) is 2.42. The van der Waals surface area contributed by atoms with Gasteiger partial charge in [0.05, 0.1) is 6.54 Å². The molecular formula is C6H11IN2O. The molecule has 10 heavy (non-hydrogen) atoms. The van der Waals surface area contributed by atoms with Crippen LogP contribution in [0.15, 0.2) is 0 Å². The Morgan fingerprint density at radius 1 is 1.70 bits per heavy atom. The van der Waals surface area contributed by atoms with Gasteiger partial charge in [-0.25, -0.2) is 0 Å². The van der Waals surface area contributed by atoms with Gasteiger partial charge in [0.2, 0.25) is 5.91 Å². The number of piperazine rings is 1. The summed E-state index contributed by atoms with van der Waals surface area (Å²) in [7, 11) is 0. The molecule has 0 spiro atoms. The first-order valence-corrected chi connectivity index (χ1v) is 4.90. The molecule has 0 aromatic rings. The van der Waals surface area contributed by atoms with Crippen molar-refractivity contribution in [2.75, 3.05) is 30.6 Å². The van der Waals surface area contributed by atoms with Crippen LogP contribution in [0, 0.1) is 0 Å². The molecule has 58 valence electrons. The van der Waals surface area contributed by atoms with E-state index >= 15 is 0 Å². The van der Waals surface area contributed by atoms with Crippen molar-refractivity contribution in [3.05, 3.63) is 0 Å². The zero-order chi connectivity index (χ0) is 7.40. The van der Waals surface area contributed by atoms with Crippen molar-refractivity contribution >= 4 is 28.5 Å². The summed E-state index contributed by atoms with van der Waals surface area (Å²) >= 11 is 2.32. The molecular weight excluding hydrogens is 243 g/mol. The molecule has 0 atom stereocenters. The molecule has 1 heterocycles. The van der Waals surface area contributed by atoms with Gasteiger partial charge in [0.15, 0.2) is 0 Å². The Kier molecular flexibility index (Phi) is 3.41. The first kappa shape index (κ1) is 8.26. The molecule has 1 fully saturated rings. The Labute approximate surface area is 74.3 Å². The molecule has 3 nitrogen and oxygen atoms in total. The number of alkyl halides is 1. The average molecular weight is 254 g/mol. The van der Waals surface area contributed by atoms with Gasteiger partial charge in [0.1, 0.15) is 0 Å². The smallest absolute Gasteiger partial charge is 0.234 e. The molecule has 4 heteroatoms. The maximum atomic E-state index is 10.8. The van der Waals surface area contributed by atoms with Crippen LogP contribution in [0.2, 0.25) is 0 Å². The highest BCUT2D eigenvalue weighted by Crippen LogP contribution is 1.94. The average Bonchev–Trinajstić information content (AvgIpc) is 1.88. The van der Waals surface area contributed by atoms with E-state index in [2.05, 4.69) is 32.8 Å². The van der Waals surface area contributed by atoms with Crippen LogP contribution in [-0.2, 0) is 4.79 Å². The van der Waals surface area contributed by atoms with Gasteiger partial charge in [-0.3, -0.25) is 9.69 Å². The SMILES string of the molecule is O=C1CN(CCI)CCN1. The van der Waals surface area contributed by atoms with Crippen LogP contribution in [0.1, 0.15) is 0 Å². The van der Waals surface area contributed by atoms with Crippen LogP contribution in [0.4, 0.5) is 0 Å². The van der Waals surface area contributed by atoms with Gasteiger partial charge >= 0.3 is 0 Å². The van der Waals surface area contributed by atoms with Crippen LogP contribution in [-0.4, -0.2) is 41.4 Å². The zero-order valence-corrected chi connectivity index (χ0v) is 7.93. The van der Waals surface area contributed by atoms with E-state index in [1.165, 1.54) is 0 Å². The first-order valence-electron chi connectivity index (χ1n) is 3.38. The summed E-state index contributed by atoms with van der Waals surface area (Å²) in [5.41, 5.74) is 0. The lowest BCUT2D eigenvalue weighted by molar-refractivity contribution is -0.123. The van der Waals surface area contributed by atoms with Gasteiger partial charge < -0.3 is 5.32 Å². The number of nitrogens with zero attached hydrogens (tertiary/aromatic N) is 1. The molecule has 1 aliphatic heterocycles. The standard InChI is InChI=1S/C6H11IN2O/c7-1-3-9-4-2-8-6(10)5-9/h1-5H2,(H,8,10). The number of hydrogen-bond donors (Lipinski definition) is 1. The van der Waals surface area contributed by atoms with E-state index in [9.17, 15) is 4.79 Å². The lowest BCUT2D eigenvalue weighted by Gasteiger charge is -2.25. The Morgan fingerprint density at radius 3 is 3.10 bits per heavy atom. The lowest BCUT2D eigenvalue weighted by atomic mass is 10.3.